The molecule has 136 valence electrons. The number of hydrogen-bond donors (Lipinski definition) is 2. The number of aldehydes is 1. The number of nitrogens with one attached hydrogen (secondary N) is 1. The largest absolute Gasteiger partial charge is 0.486 e. The van der Waals surface area contributed by atoms with Crippen molar-refractivity contribution in [1.29, 1.82) is 0 Å². The Morgan fingerprint density at radius 2 is 2.08 bits per heavy atom. The van der Waals surface area contributed by atoms with Crippen LogP contribution >= 0.6 is 0 Å². The number of rotatable bonds is 5. The average Bonchev–Trinajstić information content (AvgIpc) is 2.62. The van der Waals surface area contributed by atoms with E-state index in [1.807, 2.05) is 18.2 Å². The van der Waals surface area contributed by atoms with Crippen LogP contribution in [0.15, 0.2) is 30.3 Å². The molecule has 1 aliphatic heterocycles. The first kappa shape index (κ1) is 18.8. The van der Waals surface area contributed by atoms with Gasteiger partial charge in [-0.3, -0.25) is 0 Å². The van der Waals surface area contributed by atoms with Crippen molar-refractivity contribution in [3.63, 3.8) is 0 Å². The third-order valence-electron chi connectivity index (χ3n) is 4.29. The van der Waals surface area contributed by atoms with Crippen LogP contribution < -0.4 is 10.1 Å². The third-order valence-corrected chi connectivity index (χ3v) is 4.29. The molecule has 1 aliphatic rings. The molecule has 0 radical (unpaired) electrons. The zero-order valence-corrected chi connectivity index (χ0v) is 14.1. The highest BCUT2D eigenvalue weighted by atomic mass is 16.6. The Bertz CT molecular complexity index is 590. The number of amides is 1. The fraction of sp³-hybridized carbons (Fsp3) is 0.500. The number of carbonyl (C=O) groups excluding carboxylic acids is 2. The molecule has 0 aliphatic carbocycles. The van der Waals surface area contributed by atoms with Gasteiger partial charge in [0.05, 0.1) is 0 Å². The summed E-state index contributed by atoms with van der Waals surface area (Å²) in [6.45, 7) is 1.70. The van der Waals surface area contributed by atoms with Gasteiger partial charge >= 0.3 is 12.1 Å². The van der Waals surface area contributed by atoms with E-state index in [4.69, 9.17) is 14.6 Å². The quantitative estimate of drug-likeness (QED) is 0.625. The lowest BCUT2D eigenvalue weighted by atomic mass is 9.90. The summed E-state index contributed by atoms with van der Waals surface area (Å²) in [7, 11) is 0. The lowest BCUT2D eigenvalue weighted by molar-refractivity contribution is -0.156. The van der Waals surface area contributed by atoms with E-state index in [0.29, 0.717) is 25.0 Å². The highest BCUT2D eigenvalue weighted by molar-refractivity contribution is 5.80. The maximum Gasteiger partial charge on any atom is 0.405 e. The van der Waals surface area contributed by atoms with Gasteiger partial charge in [-0.15, -0.1) is 0 Å². The Morgan fingerprint density at radius 1 is 1.36 bits per heavy atom. The first-order valence-corrected chi connectivity index (χ1v) is 8.36. The fourth-order valence-corrected chi connectivity index (χ4v) is 3.09. The van der Waals surface area contributed by atoms with Crippen molar-refractivity contribution in [3.8, 4) is 5.75 Å². The molecular formula is C18H23NO6. The van der Waals surface area contributed by atoms with Crippen molar-refractivity contribution in [1.82, 2.24) is 5.32 Å². The Balaban J connectivity index is 2.20. The molecule has 1 aromatic carbocycles. The lowest BCUT2D eigenvalue weighted by Gasteiger charge is -2.30. The van der Waals surface area contributed by atoms with Gasteiger partial charge in [0.25, 0.3) is 0 Å². The van der Waals surface area contributed by atoms with Crippen LogP contribution in [0.5, 0.6) is 5.75 Å². The lowest BCUT2D eigenvalue weighted by Crippen LogP contribution is -2.44. The van der Waals surface area contributed by atoms with Gasteiger partial charge in [0, 0.05) is 12.3 Å². The van der Waals surface area contributed by atoms with Crippen LogP contribution in [0.25, 0.3) is 0 Å². The van der Waals surface area contributed by atoms with Crippen molar-refractivity contribution in [3.05, 3.63) is 30.3 Å². The second kappa shape index (κ2) is 9.05. The van der Waals surface area contributed by atoms with E-state index >= 15 is 0 Å². The second-order valence-corrected chi connectivity index (χ2v) is 6.13. The number of hydrogen-bond acceptors (Lipinski definition) is 5. The van der Waals surface area contributed by atoms with Crippen molar-refractivity contribution in [2.45, 2.75) is 50.9 Å². The maximum atomic E-state index is 12.3. The van der Waals surface area contributed by atoms with E-state index < -0.39 is 30.3 Å². The molecule has 1 fully saturated rings. The van der Waals surface area contributed by atoms with Gasteiger partial charge in [-0.2, -0.15) is 0 Å². The van der Waals surface area contributed by atoms with E-state index in [1.165, 1.54) is 0 Å². The second-order valence-electron chi connectivity index (χ2n) is 6.13. The molecule has 3 unspecified atom stereocenters. The molecule has 0 bridgehead atoms. The van der Waals surface area contributed by atoms with E-state index in [1.54, 1.807) is 19.1 Å². The molecule has 1 saturated heterocycles. The highest BCUT2D eigenvalue weighted by Crippen LogP contribution is 2.27. The molecular weight excluding hydrogens is 326 g/mol. The summed E-state index contributed by atoms with van der Waals surface area (Å²) in [5.41, 5.74) is 0. The normalized spacial score (nSPS) is 27.2. The SMILES string of the molecule is CC1OC(=O)[C@@H](NC(=O)O)CCCC(CC=O)C1Oc1ccccc1. The summed E-state index contributed by atoms with van der Waals surface area (Å²) in [5, 5.41) is 11.1. The van der Waals surface area contributed by atoms with Crippen molar-refractivity contribution in [2.24, 2.45) is 5.92 Å². The van der Waals surface area contributed by atoms with Gasteiger partial charge in [-0.25, -0.2) is 9.59 Å². The summed E-state index contributed by atoms with van der Waals surface area (Å²) >= 11 is 0. The minimum Gasteiger partial charge on any atom is -0.486 e. The molecule has 0 aromatic heterocycles. The summed E-state index contributed by atoms with van der Waals surface area (Å²) in [6, 6.07) is 8.23. The molecule has 1 heterocycles. The van der Waals surface area contributed by atoms with Crippen LogP contribution in [0.3, 0.4) is 0 Å². The van der Waals surface area contributed by atoms with Crippen LogP contribution in [0.2, 0.25) is 0 Å². The number of benzene rings is 1. The number of carbonyl (C=O) groups is 3. The van der Waals surface area contributed by atoms with Crippen molar-refractivity contribution >= 4 is 18.3 Å². The predicted octanol–water partition coefficient (Wildman–Crippen LogP) is 2.39. The molecule has 1 aromatic rings. The fourth-order valence-electron chi connectivity index (χ4n) is 3.09. The highest BCUT2D eigenvalue weighted by Gasteiger charge is 2.35. The summed E-state index contributed by atoms with van der Waals surface area (Å²) in [6.07, 6.45) is 0.298. The third kappa shape index (κ3) is 5.48. The average molecular weight is 349 g/mol. The zero-order valence-electron chi connectivity index (χ0n) is 14.1. The van der Waals surface area contributed by atoms with Crippen LogP contribution in [0, 0.1) is 5.92 Å². The summed E-state index contributed by atoms with van der Waals surface area (Å²) < 4.78 is 11.5. The monoisotopic (exact) mass is 349 g/mol. The van der Waals surface area contributed by atoms with Crippen LogP contribution in [-0.2, 0) is 14.3 Å². The van der Waals surface area contributed by atoms with Crippen LogP contribution in [-0.4, -0.2) is 41.7 Å². The number of ether oxygens (including phenoxy) is 2. The number of esters is 1. The Hall–Kier alpha value is -2.57. The molecule has 7 nitrogen and oxygen atoms in total. The van der Waals surface area contributed by atoms with Crippen molar-refractivity contribution < 1.29 is 29.0 Å². The van der Waals surface area contributed by atoms with Gasteiger partial charge < -0.3 is 24.7 Å². The summed E-state index contributed by atoms with van der Waals surface area (Å²) in [4.78, 5) is 34.2. The molecule has 4 atom stereocenters. The zero-order chi connectivity index (χ0) is 18.2. The predicted molar refractivity (Wildman–Crippen MR) is 89.4 cm³/mol. The standard InChI is InChI=1S/C18H23NO6/c1-12-16(25-14-7-3-2-4-8-14)13(10-11-20)6-5-9-15(17(21)24-12)19-18(22)23/h2-4,7-8,11-13,15-16,19H,5-6,9-10H2,1H3,(H,22,23)/t12?,13?,15-,16?/m0/s1. The van der Waals surface area contributed by atoms with Gasteiger partial charge in [0.1, 0.15) is 30.3 Å². The molecule has 2 rings (SSSR count). The van der Waals surface area contributed by atoms with Gasteiger partial charge in [0.15, 0.2) is 0 Å². The minimum absolute atomic E-state index is 0.121. The van der Waals surface area contributed by atoms with E-state index in [0.717, 1.165) is 6.29 Å². The van der Waals surface area contributed by atoms with Gasteiger partial charge in [-0.1, -0.05) is 24.6 Å². The Kier molecular flexibility index (Phi) is 6.80. The maximum absolute atomic E-state index is 12.3. The molecule has 0 saturated carbocycles. The Morgan fingerprint density at radius 3 is 2.72 bits per heavy atom. The van der Waals surface area contributed by atoms with E-state index in [2.05, 4.69) is 5.32 Å². The molecule has 7 heteroatoms. The number of carboxylic acid groups (broad SMARTS) is 1. The molecule has 2 N–H and O–H groups in total. The van der Waals surface area contributed by atoms with E-state index in [9.17, 15) is 14.4 Å². The molecule has 0 spiro atoms. The first-order valence-electron chi connectivity index (χ1n) is 8.36. The summed E-state index contributed by atoms with van der Waals surface area (Å²) in [5.74, 6) is -0.113. The number of para-hydroxylation sites is 1. The molecule has 1 amide bonds. The number of cyclic esters (lactones) is 1. The van der Waals surface area contributed by atoms with Crippen LogP contribution in [0.1, 0.15) is 32.6 Å². The van der Waals surface area contributed by atoms with Crippen molar-refractivity contribution in [2.75, 3.05) is 0 Å². The first-order chi connectivity index (χ1) is 12.0. The van der Waals surface area contributed by atoms with Gasteiger partial charge in [0.2, 0.25) is 0 Å². The smallest absolute Gasteiger partial charge is 0.405 e. The topological polar surface area (TPSA) is 102 Å². The van der Waals surface area contributed by atoms with Crippen LogP contribution in [0.4, 0.5) is 4.79 Å². The minimum atomic E-state index is -1.27. The van der Waals surface area contributed by atoms with Gasteiger partial charge in [-0.05, 0) is 31.9 Å². The van der Waals surface area contributed by atoms with E-state index in [-0.39, 0.29) is 12.3 Å². The Labute approximate surface area is 146 Å². The molecule has 25 heavy (non-hydrogen) atoms.